The van der Waals surface area contributed by atoms with E-state index in [2.05, 4.69) is 13.0 Å². The predicted octanol–water partition coefficient (Wildman–Crippen LogP) is 8.49. The SMILES string of the molecule is C[C@@](CCc1ccc(C#N)c(Cl)c1)(Cc1cc(F)ccc1F)C1CCN(C(=O)OCCCC2CCCCC2)C1. The third kappa shape index (κ3) is 7.94. The third-order valence-corrected chi connectivity index (χ3v) is 9.19. The van der Waals surface area contributed by atoms with Gasteiger partial charge >= 0.3 is 6.09 Å². The molecule has 39 heavy (non-hydrogen) atoms. The van der Waals surface area contributed by atoms with Gasteiger partial charge in [0.15, 0.2) is 0 Å². The molecule has 0 N–H and O–H groups in total. The van der Waals surface area contributed by atoms with Crippen molar-refractivity contribution in [1.82, 2.24) is 4.90 Å². The fraction of sp³-hybridized carbons (Fsp3) is 0.562. The number of nitrogens with zero attached hydrogens (tertiary/aromatic N) is 2. The van der Waals surface area contributed by atoms with E-state index < -0.39 is 17.0 Å². The molecule has 2 atom stereocenters. The van der Waals surface area contributed by atoms with Gasteiger partial charge in [-0.15, -0.1) is 0 Å². The first-order chi connectivity index (χ1) is 18.8. The molecule has 1 aliphatic carbocycles. The summed E-state index contributed by atoms with van der Waals surface area (Å²) in [7, 11) is 0. The minimum absolute atomic E-state index is 0.101. The first-order valence-electron chi connectivity index (χ1n) is 14.3. The molecule has 1 saturated carbocycles. The van der Waals surface area contributed by atoms with Gasteiger partial charge in [0.1, 0.15) is 17.7 Å². The highest BCUT2D eigenvalue weighted by atomic mass is 35.5. The first kappa shape index (κ1) is 29.3. The molecule has 210 valence electrons. The summed E-state index contributed by atoms with van der Waals surface area (Å²) >= 11 is 6.25. The quantitative estimate of drug-likeness (QED) is 0.276. The molecular formula is C32H39ClF2N2O2. The van der Waals surface area contributed by atoms with Gasteiger partial charge < -0.3 is 9.64 Å². The van der Waals surface area contributed by atoms with Crippen molar-refractivity contribution in [2.24, 2.45) is 17.3 Å². The van der Waals surface area contributed by atoms with Crippen LogP contribution in [0.25, 0.3) is 0 Å². The number of ether oxygens (including phenoxy) is 1. The number of nitriles is 1. The second-order valence-electron chi connectivity index (χ2n) is 11.7. The van der Waals surface area contributed by atoms with Crippen molar-refractivity contribution in [3.05, 3.63) is 69.7 Å². The number of hydrogen-bond donors (Lipinski definition) is 0. The van der Waals surface area contributed by atoms with Crippen LogP contribution in [0.2, 0.25) is 5.02 Å². The molecule has 7 heteroatoms. The van der Waals surface area contributed by atoms with Crippen molar-refractivity contribution in [2.75, 3.05) is 19.7 Å². The lowest BCUT2D eigenvalue weighted by Crippen LogP contribution is -2.35. The maximum absolute atomic E-state index is 14.7. The van der Waals surface area contributed by atoms with Gasteiger partial charge in [-0.05, 0) is 97.2 Å². The van der Waals surface area contributed by atoms with Gasteiger partial charge in [0.05, 0.1) is 17.2 Å². The maximum atomic E-state index is 14.7. The summed E-state index contributed by atoms with van der Waals surface area (Å²) in [6.45, 7) is 3.67. The largest absolute Gasteiger partial charge is 0.449 e. The number of amides is 1. The van der Waals surface area contributed by atoms with E-state index in [-0.39, 0.29) is 12.0 Å². The monoisotopic (exact) mass is 556 g/mol. The Hall–Kier alpha value is -2.65. The molecule has 1 saturated heterocycles. The Morgan fingerprint density at radius 1 is 1.15 bits per heavy atom. The van der Waals surface area contributed by atoms with E-state index in [1.807, 2.05) is 6.07 Å². The number of hydrogen-bond acceptors (Lipinski definition) is 3. The second kappa shape index (κ2) is 13.6. The lowest BCUT2D eigenvalue weighted by Gasteiger charge is -2.36. The summed E-state index contributed by atoms with van der Waals surface area (Å²) in [5, 5.41) is 9.59. The van der Waals surface area contributed by atoms with Gasteiger partial charge in [-0.25, -0.2) is 13.6 Å². The van der Waals surface area contributed by atoms with Crippen molar-refractivity contribution >= 4 is 17.7 Å². The Morgan fingerprint density at radius 3 is 2.69 bits per heavy atom. The summed E-state index contributed by atoms with van der Waals surface area (Å²) in [6, 6.07) is 11.1. The number of aryl methyl sites for hydroxylation is 1. The second-order valence-corrected chi connectivity index (χ2v) is 12.1. The van der Waals surface area contributed by atoms with Gasteiger partial charge in [-0.3, -0.25) is 0 Å². The minimum Gasteiger partial charge on any atom is -0.449 e. The normalized spacial score (nSPS) is 19.5. The van der Waals surface area contributed by atoms with Gasteiger partial charge in [0, 0.05) is 13.1 Å². The van der Waals surface area contributed by atoms with Gasteiger partial charge in [-0.2, -0.15) is 5.26 Å². The zero-order valence-corrected chi connectivity index (χ0v) is 23.6. The number of likely N-dealkylation sites (tertiary alicyclic amines) is 1. The summed E-state index contributed by atoms with van der Waals surface area (Å²) < 4.78 is 34.4. The van der Waals surface area contributed by atoms with Crippen LogP contribution in [0.5, 0.6) is 0 Å². The molecule has 0 aromatic heterocycles. The first-order valence-corrected chi connectivity index (χ1v) is 14.7. The number of benzene rings is 2. The van der Waals surface area contributed by atoms with Crippen LogP contribution in [0.3, 0.4) is 0 Å². The lowest BCUT2D eigenvalue weighted by atomic mass is 9.69. The molecule has 4 rings (SSSR count). The van der Waals surface area contributed by atoms with E-state index in [1.54, 1.807) is 17.0 Å². The van der Waals surface area contributed by atoms with Crippen LogP contribution in [0.15, 0.2) is 36.4 Å². The van der Waals surface area contributed by atoms with Crippen molar-refractivity contribution < 1.29 is 18.3 Å². The molecule has 1 aliphatic heterocycles. The van der Waals surface area contributed by atoms with Gasteiger partial charge in [0.25, 0.3) is 0 Å². The number of halogens is 3. The van der Waals surface area contributed by atoms with E-state index in [4.69, 9.17) is 16.3 Å². The molecule has 0 bridgehead atoms. The van der Waals surface area contributed by atoms with Crippen LogP contribution >= 0.6 is 11.6 Å². The van der Waals surface area contributed by atoms with Gasteiger partial charge in [0.2, 0.25) is 0 Å². The average molecular weight is 557 g/mol. The summed E-state index contributed by atoms with van der Waals surface area (Å²) in [6.07, 6.45) is 10.8. The van der Waals surface area contributed by atoms with Crippen molar-refractivity contribution in [3.63, 3.8) is 0 Å². The van der Waals surface area contributed by atoms with Crippen molar-refractivity contribution in [3.8, 4) is 6.07 Å². The Kier molecular flexibility index (Phi) is 10.2. The van der Waals surface area contributed by atoms with Gasteiger partial charge in [-0.1, -0.05) is 56.7 Å². The van der Waals surface area contributed by atoms with Crippen LogP contribution < -0.4 is 0 Å². The lowest BCUT2D eigenvalue weighted by molar-refractivity contribution is 0.0993. The van der Waals surface area contributed by atoms with Crippen LogP contribution in [0.4, 0.5) is 13.6 Å². The summed E-state index contributed by atoms with van der Waals surface area (Å²) in [5.74, 6) is -0.0129. The summed E-state index contributed by atoms with van der Waals surface area (Å²) in [5.41, 5.74) is 1.36. The van der Waals surface area contributed by atoms with Crippen molar-refractivity contribution in [2.45, 2.75) is 77.6 Å². The van der Waals surface area contributed by atoms with Crippen LogP contribution in [0.1, 0.15) is 81.4 Å². The fourth-order valence-corrected chi connectivity index (χ4v) is 6.62. The van der Waals surface area contributed by atoms with E-state index in [9.17, 15) is 18.8 Å². The van der Waals surface area contributed by atoms with Crippen LogP contribution in [-0.4, -0.2) is 30.7 Å². The highest BCUT2D eigenvalue weighted by Gasteiger charge is 2.40. The highest BCUT2D eigenvalue weighted by Crippen LogP contribution is 2.42. The van der Waals surface area contributed by atoms with Crippen molar-refractivity contribution in [1.29, 1.82) is 5.26 Å². The molecule has 1 amide bonds. The molecule has 2 aromatic rings. The Balaban J connectivity index is 1.39. The topological polar surface area (TPSA) is 53.3 Å². The fourth-order valence-electron chi connectivity index (χ4n) is 6.38. The Labute approximate surface area is 236 Å². The van der Waals surface area contributed by atoms with Crippen LogP contribution in [0, 0.1) is 40.2 Å². The number of carbonyl (C=O) groups is 1. The van der Waals surface area contributed by atoms with E-state index in [0.717, 1.165) is 36.8 Å². The number of rotatable bonds is 10. The zero-order chi connectivity index (χ0) is 27.8. The molecule has 2 fully saturated rings. The molecule has 1 unspecified atom stereocenters. The third-order valence-electron chi connectivity index (χ3n) is 8.88. The molecule has 1 heterocycles. The smallest absolute Gasteiger partial charge is 0.409 e. The highest BCUT2D eigenvalue weighted by molar-refractivity contribution is 6.31. The molecule has 2 aromatic carbocycles. The maximum Gasteiger partial charge on any atom is 0.409 e. The predicted molar refractivity (Wildman–Crippen MR) is 149 cm³/mol. The molecule has 0 radical (unpaired) electrons. The standard InChI is InChI=1S/C32H39ClF2N2O2/c1-32(20-26-19-28(34)11-12-30(26)35,15-13-24-9-10-25(21-36)29(33)18-24)27-14-16-37(22-27)31(38)39-17-5-8-23-6-3-2-4-7-23/h9-12,18-19,23,27H,2-8,13-17,20,22H2,1H3/t27?,32-/m1/s1. The van der Waals surface area contributed by atoms with E-state index in [1.165, 1.54) is 44.2 Å². The summed E-state index contributed by atoms with van der Waals surface area (Å²) in [4.78, 5) is 14.6. The molecule has 4 nitrogen and oxygen atoms in total. The average Bonchev–Trinajstić information content (AvgIpc) is 3.44. The minimum atomic E-state index is -0.461. The molecule has 0 spiro atoms. The van der Waals surface area contributed by atoms with E-state index >= 15 is 0 Å². The molecular weight excluding hydrogens is 518 g/mol. The zero-order valence-electron chi connectivity index (χ0n) is 22.9. The van der Waals surface area contributed by atoms with Crippen LogP contribution in [-0.2, 0) is 17.6 Å². The molecule has 2 aliphatic rings. The Morgan fingerprint density at radius 2 is 1.95 bits per heavy atom. The Bertz CT molecular complexity index is 1180. The van der Waals surface area contributed by atoms with E-state index in [0.29, 0.717) is 55.1 Å². The number of carbonyl (C=O) groups excluding carboxylic acids is 1.